The normalized spacial score (nSPS) is 21.7. The van der Waals surface area contributed by atoms with Crippen molar-refractivity contribution in [3.8, 4) is 0 Å². The maximum absolute atomic E-state index is 12.8. The molecule has 2 aliphatic heterocycles. The van der Waals surface area contributed by atoms with Crippen molar-refractivity contribution in [2.75, 3.05) is 31.1 Å². The van der Waals surface area contributed by atoms with Gasteiger partial charge in [0, 0.05) is 38.6 Å². The first-order chi connectivity index (χ1) is 13.5. The summed E-state index contributed by atoms with van der Waals surface area (Å²) in [4.78, 5) is 38.0. The number of amides is 1. The average Bonchev–Trinajstić information content (AvgIpc) is 3.19. The first-order valence-electron chi connectivity index (χ1n) is 9.55. The highest BCUT2D eigenvalue weighted by atomic mass is 32.1. The minimum absolute atomic E-state index is 0.00510. The summed E-state index contributed by atoms with van der Waals surface area (Å²) in [5.41, 5.74) is -0.0219. The van der Waals surface area contributed by atoms with Crippen LogP contribution in [0.1, 0.15) is 45.5 Å². The molecule has 0 bridgehead atoms. The predicted octanol–water partition coefficient (Wildman–Crippen LogP) is 2.23. The molecule has 0 aliphatic carbocycles. The number of hydrogen-bond donors (Lipinski definition) is 1. The number of hydrogen-bond acceptors (Lipinski definition) is 7. The molecule has 2 aliphatic rings. The molecular weight excluding hydrogens is 376 g/mol. The van der Waals surface area contributed by atoms with E-state index < -0.39 is 6.10 Å². The number of aromatic nitrogens is 2. The quantitative estimate of drug-likeness (QED) is 0.795. The minimum atomic E-state index is -0.409. The van der Waals surface area contributed by atoms with Gasteiger partial charge in [-0.3, -0.25) is 14.6 Å². The van der Waals surface area contributed by atoms with Crippen LogP contribution in [0.5, 0.6) is 0 Å². The number of nitrogens with zero attached hydrogens (tertiary/aromatic N) is 4. The van der Waals surface area contributed by atoms with Crippen LogP contribution in [0.2, 0.25) is 0 Å². The number of ketones is 1. The average molecular weight is 401 g/mol. The number of likely N-dealkylation sites (tertiary alicyclic amines) is 1. The van der Waals surface area contributed by atoms with Crippen molar-refractivity contribution < 1.29 is 14.7 Å². The Morgan fingerprint density at radius 1 is 1.21 bits per heavy atom. The molecule has 1 unspecified atom stereocenters. The number of carbonyl (C=O) groups excluding carboxylic acids is 2. The lowest BCUT2D eigenvalue weighted by Gasteiger charge is -2.49. The molecule has 0 aromatic carbocycles. The number of carbonyl (C=O) groups is 2. The fourth-order valence-corrected chi connectivity index (χ4v) is 5.20. The van der Waals surface area contributed by atoms with Crippen molar-refractivity contribution in [2.24, 2.45) is 5.41 Å². The van der Waals surface area contributed by atoms with Gasteiger partial charge in [-0.25, -0.2) is 4.98 Å². The van der Waals surface area contributed by atoms with Gasteiger partial charge in [0.25, 0.3) is 5.91 Å². The molecule has 28 heavy (non-hydrogen) atoms. The Labute approximate surface area is 168 Å². The molecule has 148 valence electrons. The smallest absolute Gasteiger partial charge is 0.263 e. The van der Waals surface area contributed by atoms with Crippen LogP contribution in [0.15, 0.2) is 30.7 Å². The van der Waals surface area contributed by atoms with Gasteiger partial charge in [-0.15, -0.1) is 11.3 Å². The second kappa shape index (κ2) is 7.60. The first-order valence-corrected chi connectivity index (χ1v) is 10.4. The molecule has 1 atom stereocenters. The van der Waals surface area contributed by atoms with Crippen molar-refractivity contribution in [1.82, 2.24) is 14.9 Å². The topological polar surface area (TPSA) is 86.6 Å². The van der Waals surface area contributed by atoms with Crippen LogP contribution < -0.4 is 4.90 Å². The van der Waals surface area contributed by atoms with Gasteiger partial charge in [-0.2, -0.15) is 0 Å². The Morgan fingerprint density at radius 2 is 1.96 bits per heavy atom. The van der Waals surface area contributed by atoms with E-state index in [1.165, 1.54) is 18.3 Å². The molecule has 0 radical (unpaired) electrons. The van der Waals surface area contributed by atoms with Crippen molar-refractivity contribution in [2.45, 2.75) is 32.3 Å². The van der Waals surface area contributed by atoms with Crippen LogP contribution >= 0.6 is 11.3 Å². The summed E-state index contributed by atoms with van der Waals surface area (Å²) in [6.07, 6.45) is 7.07. The van der Waals surface area contributed by atoms with Crippen molar-refractivity contribution in [1.29, 1.82) is 0 Å². The van der Waals surface area contributed by atoms with Gasteiger partial charge in [-0.1, -0.05) is 0 Å². The molecule has 0 saturated carbocycles. The summed E-state index contributed by atoms with van der Waals surface area (Å²) in [5, 5.41) is 10.5. The van der Waals surface area contributed by atoms with Gasteiger partial charge >= 0.3 is 0 Å². The van der Waals surface area contributed by atoms with Gasteiger partial charge in [0.1, 0.15) is 5.82 Å². The highest BCUT2D eigenvalue weighted by Crippen LogP contribution is 2.41. The Kier molecular flexibility index (Phi) is 5.16. The zero-order valence-corrected chi connectivity index (χ0v) is 16.7. The van der Waals surface area contributed by atoms with Crippen molar-refractivity contribution in [3.05, 3.63) is 40.5 Å². The molecule has 4 heterocycles. The van der Waals surface area contributed by atoms with E-state index in [9.17, 15) is 14.7 Å². The molecule has 2 fully saturated rings. The van der Waals surface area contributed by atoms with Crippen LogP contribution in [0.3, 0.4) is 0 Å². The third-order valence-corrected chi connectivity index (χ3v) is 6.95. The lowest BCUT2D eigenvalue weighted by Crippen LogP contribution is -2.54. The maximum atomic E-state index is 12.8. The number of Topliss-reactive ketones (excluding diaryl/α,β-unsaturated/α-hetero) is 1. The molecule has 1 N–H and O–H groups in total. The Balaban J connectivity index is 1.43. The van der Waals surface area contributed by atoms with Crippen LogP contribution in [0.25, 0.3) is 0 Å². The zero-order valence-electron chi connectivity index (χ0n) is 15.9. The Bertz CT molecular complexity index is 861. The van der Waals surface area contributed by atoms with Crippen LogP contribution in [0.4, 0.5) is 5.82 Å². The number of anilines is 1. The van der Waals surface area contributed by atoms with Gasteiger partial charge in [-0.05, 0) is 43.7 Å². The summed E-state index contributed by atoms with van der Waals surface area (Å²) in [7, 11) is 0. The lowest BCUT2D eigenvalue weighted by molar-refractivity contribution is 0.0248. The number of piperidine rings is 2. The third-order valence-electron chi connectivity index (χ3n) is 5.77. The Morgan fingerprint density at radius 3 is 2.61 bits per heavy atom. The number of thiophene rings is 1. The molecule has 8 heteroatoms. The van der Waals surface area contributed by atoms with Gasteiger partial charge in [0.05, 0.1) is 22.1 Å². The maximum Gasteiger partial charge on any atom is 0.263 e. The van der Waals surface area contributed by atoms with Crippen LogP contribution in [-0.4, -0.2) is 63.9 Å². The molecule has 7 nitrogen and oxygen atoms in total. The van der Waals surface area contributed by atoms with E-state index in [1.807, 2.05) is 4.90 Å². The monoisotopic (exact) mass is 400 g/mol. The van der Waals surface area contributed by atoms with E-state index in [-0.39, 0.29) is 17.1 Å². The number of aliphatic hydroxyl groups is 1. The van der Waals surface area contributed by atoms with Crippen LogP contribution in [-0.2, 0) is 0 Å². The third kappa shape index (κ3) is 3.79. The second-order valence-corrected chi connectivity index (χ2v) is 8.90. The van der Waals surface area contributed by atoms with E-state index in [1.54, 1.807) is 30.7 Å². The van der Waals surface area contributed by atoms with E-state index in [0.717, 1.165) is 31.6 Å². The summed E-state index contributed by atoms with van der Waals surface area (Å²) >= 11 is 1.26. The molecule has 2 aromatic heterocycles. The predicted molar refractivity (Wildman–Crippen MR) is 107 cm³/mol. The van der Waals surface area contributed by atoms with Crippen LogP contribution in [0, 0.1) is 5.41 Å². The number of β-amino-alcohol motifs (C(OH)–C–C–N with tert-alkyl or cyclic N) is 1. The van der Waals surface area contributed by atoms with E-state index >= 15 is 0 Å². The fourth-order valence-electron chi connectivity index (χ4n) is 4.33. The lowest BCUT2D eigenvalue weighted by atomic mass is 9.71. The van der Waals surface area contributed by atoms with E-state index in [2.05, 4.69) is 14.9 Å². The zero-order chi connectivity index (χ0) is 19.7. The first kappa shape index (κ1) is 19.0. The molecule has 2 aromatic rings. The highest BCUT2D eigenvalue weighted by molar-refractivity contribution is 7.15. The summed E-state index contributed by atoms with van der Waals surface area (Å²) in [5.74, 6) is 0.769. The van der Waals surface area contributed by atoms with Gasteiger partial charge in [0.2, 0.25) is 0 Å². The van der Waals surface area contributed by atoms with Gasteiger partial charge < -0.3 is 14.9 Å². The molecule has 2 saturated heterocycles. The van der Waals surface area contributed by atoms with Crippen molar-refractivity contribution >= 4 is 28.8 Å². The fraction of sp³-hybridized carbons (Fsp3) is 0.500. The van der Waals surface area contributed by atoms with Gasteiger partial charge in [0.15, 0.2) is 5.78 Å². The van der Waals surface area contributed by atoms with Crippen molar-refractivity contribution in [3.63, 3.8) is 0 Å². The summed E-state index contributed by atoms with van der Waals surface area (Å²) < 4.78 is 0. The standard InChI is InChI=1S/C20H24N4O3S/c1-14(25)16-2-3-17(28-16)19(27)23-8-4-20(5-9-23)10-15(26)12-24(13-20)18-11-21-6-7-22-18/h2-3,6-7,11,15,26H,4-5,8-10,12-13H2,1H3. The summed E-state index contributed by atoms with van der Waals surface area (Å²) in [6, 6.07) is 3.47. The molecule has 4 rings (SSSR count). The molecular formula is C20H24N4O3S. The largest absolute Gasteiger partial charge is 0.391 e. The van der Waals surface area contributed by atoms with E-state index in [0.29, 0.717) is 29.4 Å². The van der Waals surface area contributed by atoms with E-state index in [4.69, 9.17) is 0 Å². The molecule has 1 spiro atoms. The highest BCUT2D eigenvalue weighted by Gasteiger charge is 2.42. The second-order valence-electron chi connectivity index (χ2n) is 7.81. The SMILES string of the molecule is CC(=O)c1ccc(C(=O)N2CCC3(CC2)CC(O)CN(c2cnccn2)C3)s1. The minimum Gasteiger partial charge on any atom is -0.391 e. The number of rotatable bonds is 3. The summed E-state index contributed by atoms with van der Waals surface area (Å²) in [6.45, 7) is 4.21. The Hall–Kier alpha value is -2.32. The number of aliphatic hydroxyl groups excluding tert-OH is 1. The molecule has 1 amide bonds.